The monoisotopic (exact) mass is 302 g/mol. The van der Waals surface area contributed by atoms with Gasteiger partial charge >= 0.3 is 0 Å². The average molecular weight is 302 g/mol. The maximum absolute atomic E-state index is 12.1. The number of amides is 1. The van der Waals surface area contributed by atoms with E-state index in [1.54, 1.807) is 23.1 Å². The molecule has 0 spiro atoms. The molecule has 1 amide bonds. The van der Waals surface area contributed by atoms with Crippen LogP contribution in [0.2, 0.25) is 0 Å². The van der Waals surface area contributed by atoms with Crippen LogP contribution in [0, 0.1) is 5.41 Å². The van der Waals surface area contributed by atoms with Crippen molar-refractivity contribution < 1.29 is 9.90 Å². The number of nitrogens with one attached hydrogen (secondary N) is 1. The summed E-state index contributed by atoms with van der Waals surface area (Å²) in [5.41, 5.74) is 1.35. The summed E-state index contributed by atoms with van der Waals surface area (Å²) in [7, 11) is 1.81. The summed E-state index contributed by atoms with van der Waals surface area (Å²) in [5, 5.41) is 16.1. The van der Waals surface area contributed by atoms with Crippen LogP contribution in [0.25, 0.3) is 11.4 Å². The van der Waals surface area contributed by atoms with Crippen molar-refractivity contribution in [2.45, 2.75) is 20.3 Å². The van der Waals surface area contributed by atoms with E-state index in [2.05, 4.69) is 15.4 Å². The fourth-order valence-electron chi connectivity index (χ4n) is 2.05. The quantitative estimate of drug-likeness (QED) is 0.850. The summed E-state index contributed by atoms with van der Waals surface area (Å²) >= 11 is 0. The van der Waals surface area contributed by atoms with Gasteiger partial charge in [-0.25, -0.2) is 4.98 Å². The van der Waals surface area contributed by atoms with E-state index in [9.17, 15) is 4.79 Å². The molecule has 0 saturated carbocycles. The molecule has 0 bridgehead atoms. The SMILES string of the molecule is Cn1cnc(-c2ccc(C(=O)NCC(C)(C)CCO)cc2)n1. The van der Waals surface area contributed by atoms with Crippen molar-refractivity contribution in [2.24, 2.45) is 12.5 Å². The Bertz CT molecular complexity index is 632. The standard InChI is InChI=1S/C16H22N4O2/c1-16(2,8-9-21)10-17-15(22)13-6-4-12(5-7-13)14-18-11-20(3)19-14/h4-7,11,21H,8-10H2,1-3H3,(H,17,22). The zero-order valence-electron chi connectivity index (χ0n) is 13.2. The van der Waals surface area contributed by atoms with Crippen molar-refractivity contribution in [3.63, 3.8) is 0 Å². The van der Waals surface area contributed by atoms with E-state index in [1.807, 2.05) is 33.0 Å². The van der Waals surface area contributed by atoms with Crippen LogP contribution >= 0.6 is 0 Å². The molecular formula is C16H22N4O2. The molecule has 22 heavy (non-hydrogen) atoms. The maximum atomic E-state index is 12.1. The molecule has 1 aromatic carbocycles. The van der Waals surface area contributed by atoms with Crippen LogP contribution in [0.3, 0.4) is 0 Å². The lowest BCUT2D eigenvalue weighted by Gasteiger charge is -2.23. The third kappa shape index (κ3) is 4.14. The minimum Gasteiger partial charge on any atom is -0.396 e. The number of nitrogens with zero attached hydrogens (tertiary/aromatic N) is 3. The number of aliphatic hydroxyl groups is 1. The van der Waals surface area contributed by atoms with E-state index in [0.717, 1.165) is 5.56 Å². The van der Waals surface area contributed by atoms with Crippen LogP contribution in [-0.4, -0.2) is 38.9 Å². The minimum absolute atomic E-state index is 0.119. The first-order valence-corrected chi connectivity index (χ1v) is 7.26. The zero-order chi connectivity index (χ0) is 16.2. The third-order valence-corrected chi connectivity index (χ3v) is 3.52. The smallest absolute Gasteiger partial charge is 0.251 e. The van der Waals surface area contributed by atoms with Crippen LogP contribution in [0.1, 0.15) is 30.6 Å². The van der Waals surface area contributed by atoms with Gasteiger partial charge in [0.25, 0.3) is 5.91 Å². The molecular weight excluding hydrogens is 280 g/mol. The molecule has 2 rings (SSSR count). The van der Waals surface area contributed by atoms with Gasteiger partial charge in [0.05, 0.1) is 0 Å². The second kappa shape index (κ2) is 6.70. The Morgan fingerprint density at radius 2 is 2.00 bits per heavy atom. The lowest BCUT2D eigenvalue weighted by molar-refractivity contribution is 0.0928. The van der Waals surface area contributed by atoms with Gasteiger partial charge < -0.3 is 10.4 Å². The van der Waals surface area contributed by atoms with Crippen LogP contribution < -0.4 is 5.32 Å². The molecule has 0 atom stereocenters. The third-order valence-electron chi connectivity index (χ3n) is 3.52. The van der Waals surface area contributed by atoms with Gasteiger partial charge in [-0.1, -0.05) is 26.0 Å². The number of benzene rings is 1. The first kappa shape index (κ1) is 16.2. The molecule has 1 aromatic heterocycles. The van der Waals surface area contributed by atoms with Gasteiger partial charge in [0.2, 0.25) is 0 Å². The van der Waals surface area contributed by atoms with Crippen LogP contribution in [-0.2, 0) is 7.05 Å². The van der Waals surface area contributed by atoms with Gasteiger partial charge in [0.15, 0.2) is 5.82 Å². The molecule has 0 unspecified atom stereocenters. The number of hydrogen-bond donors (Lipinski definition) is 2. The number of rotatable bonds is 6. The van der Waals surface area contributed by atoms with E-state index in [1.165, 1.54) is 0 Å². The van der Waals surface area contributed by atoms with Gasteiger partial charge in [0.1, 0.15) is 6.33 Å². The minimum atomic E-state index is -0.123. The highest BCUT2D eigenvalue weighted by molar-refractivity contribution is 5.94. The van der Waals surface area contributed by atoms with Gasteiger partial charge in [0, 0.05) is 31.3 Å². The summed E-state index contributed by atoms with van der Waals surface area (Å²) in [6.45, 7) is 4.67. The first-order chi connectivity index (χ1) is 10.4. The van der Waals surface area contributed by atoms with Crippen LogP contribution in [0.4, 0.5) is 0 Å². The summed E-state index contributed by atoms with van der Waals surface area (Å²) in [5.74, 6) is 0.519. The van der Waals surface area contributed by atoms with E-state index >= 15 is 0 Å². The predicted molar refractivity (Wildman–Crippen MR) is 84.3 cm³/mol. The number of carbonyl (C=O) groups is 1. The molecule has 1 heterocycles. The summed E-state index contributed by atoms with van der Waals surface area (Å²) in [6, 6.07) is 7.20. The van der Waals surface area contributed by atoms with E-state index in [0.29, 0.717) is 24.4 Å². The largest absolute Gasteiger partial charge is 0.396 e. The molecule has 6 nitrogen and oxygen atoms in total. The maximum Gasteiger partial charge on any atom is 0.251 e. The zero-order valence-corrected chi connectivity index (χ0v) is 13.2. The van der Waals surface area contributed by atoms with Crippen molar-refractivity contribution >= 4 is 5.91 Å². The number of aromatic nitrogens is 3. The Labute approximate surface area is 130 Å². The average Bonchev–Trinajstić information content (AvgIpc) is 2.92. The number of hydrogen-bond acceptors (Lipinski definition) is 4. The van der Waals surface area contributed by atoms with Crippen molar-refractivity contribution in [3.05, 3.63) is 36.2 Å². The molecule has 0 aliphatic carbocycles. The second-order valence-electron chi connectivity index (χ2n) is 6.14. The predicted octanol–water partition coefficient (Wildman–Crippen LogP) is 1.62. The first-order valence-electron chi connectivity index (χ1n) is 7.26. The van der Waals surface area contributed by atoms with E-state index in [4.69, 9.17) is 5.11 Å². The fourth-order valence-corrected chi connectivity index (χ4v) is 2.05. The van der Waals surface area contributed by atoms with Crippen molar-refractivity contribution in [3.8, 4) is 11.4 Å². The molecule has 0 radical (unpaired) electrons. The Morgan fingerprint density at radius 3 is 2.55 bits per heavy atom. The Morgan fingerprint density at radius 1 is 1.32 bits per heavy atom. The molecule has 0 aliphatic heterocycles. The summed E-state index contributed by atoms with van der Waals surface area (Å²) in [6.07, 6.45) is 2.29. The van der Waals surface area contributed by atoms with Crippen LogP contribution in [0.5, 0.6) is 0 Å². The molecule has 2 aromatic rings. The molecule has 0 aliphatic rings. The normalized spacial score (nSPS) is 11.5. The molecule has 0 saturated heterocycles. The second-order valence-corrected chi connectivity index (χ2v) is 6.14. The van der Waals surface area contributed by atoms with Crippen molar-refractivity contribution in [2.75, 3.05) is 13.2 Å². The Balaban J connectivity index is 1.99. The molecule has 118 valence electrons. The van der Waals surface area contributed by atoms with Gasteiger partial charge in [-0.3, -0.25) is 9.48 Å². The fraction of sp³-hybridized carbons (Fsp3) is 0.438. The summed E-state index contributed by atoms with van der Waals surface area (Å²) in [4.78, 5) is 16.3. The molecule has 6 heteroatoms. The highest BCUT2D eigenvalue weighted by atomic mass is 16.3. The van der Waals surface area contributed by atoms with Crippen molar-refractivity contribution in [1.29, 1.82) is 0 Å². The summed E-state index contributed by atoms with van der Waals surface area (Å²) < 4.78 is 1.64. The van der Waals surface area contributed by atoms with E-state index < -0.39 is 0 Å². The Kier molecular flexibility index (Phi) is 4.92. The highest BCUT2D eigenvalue weighted by Gasteiger charge is 2.18. The number of aliphatic hydroxyl groups excluding tert-OH is 1. The topological polar surface area (TPSA) is 80.0 Å². The van der Waals surface area contributed by atoms with Gasteiger partial charge in [-0.05, 0) is 24.0 Å². The van der Waals surface area contributed by atoms with Gasteiger partial charge in [-0.2, -0.15) is 5.10 Å². The highest BCUT2D eigenvalue weighted by Crippen LogP contribution is 2.19. The Hall–Kier alpha value is -2.21. The van der Waals surface area contributed by atoms with Gasteiger partial charge in [-0.15, -0.1) is 0 Å². The molecule has 0 fully saturated rings. The lowest BCUT2D eigenvalue weighted by Crippen LogP contribution is -2.34. The molecule has 2 N–H and O–H groups in total. The lowest BCUT2D eigenvalue weighted by atomic mass is 9.89. The number of carbonyl (C=O) groups excluding carboxylic acids is 1. The van der Waals surface area contributed by atoms with Crippen LogP contribution in [0.15, 0.2) is 30.6 Å². The van der Waals surface area contributed by atoms with E-state index in [-0.39, 0.29) is 17.9 Å². The number of aryl methyl sites for hydroxylation is 1. The van der Waals surface area contributed by atoms with Crippen molar-refractivity contribution in [1.82, 2.24) is 20.1 Å².